The van der Waals surface area contributed by atoms with E-state index in [4.69, 9.17) is 0 Å². The van der Waals surface area contributed by atoms with Gasteiger partial charge in [0.1, 0.15) is 0 Å². The molecule has 0 spiro atoms. The second-order valence-electron chi connectivity index (χ2n) is 4.74. The van der Waals surface area contributed by atoms with Crippen LogP contribution in [-0.2, 0) is 0 Å². The molecule has 2 heteroatoms. The van der Waals surface area contributed by atoms with Crippen LogP contribution in [0.4, 0.5) is 0 Å². The highest BCUT2D eigenvalue weighted by atomic mass is 32.2. The maximum absolute atomic E-state index is 12.5. The number of hydrogen-bond donors (Lipinski definition) is 0. The van der Waals surface area contributed by atoms with Crippen LogP contribution in [0.5, 0.6) is 0 Å². The molecule has 3 aliphatic rings. The second-order valence-corrected chi connectivity index (χ2v) is 6.05. The molecule has 0 saturated carbocycles. The van der Waals surface area contributed by atoms with Crippen molar-refractivity contribution in [2.75, 3.05) is 5.75 Å². The Bertz CT molecular complexity index is 595. The van der Waals surface area contributed by atoms with Crippen molar-refractivity contribution in [3.63, 3.8) is 0 Å². The van der Waals surface area contributed by atoms with E-state index in [1.165, 1.54) is 16.9 Å². The average molecular weight is 240 g/mol. The van der Waals surface area contributed by atoms with Gasteiger partial charge in [0, 0.05) is 16.4 Å². The molecule has 1 aliphatic heterocycles. The van der Waals surface area contributed by atoms with Gasteiger partial charge in [0.2, 0.25) is 0 Å². The predicted molar refractivity (Wildman–Crippen MR) is 71.3 cm³/mol. The molecule has 0 aromatic heterocycles. The van der Waals surface area contributed by atoms with Gasteiger partial charge >= 0.3 is 0 Å². The van der Waals surface area contributed by atoms with Crippen LogP contribution >= 0.6 is 11.8 Å². The molecule has 1 atom stereocenters. The molecule has 4 rings (SSSR count). The van der Waals surface area contributed by atoms with Gasteiger partial charge in [-0.2, -0.15) is 11.8 Å². The Morgan fingerprint density at radius 1 is 1.18 bits per heavy atom. The van der Waals surface area contributed by atoms with Gasteiger partial charge in [-0.1, -0.05) is 30.3 Å². The predicted octanol–water partition coefficient (Wildman–Crippen LogP) is 3.47. The number of carbonyl (C=O) groups excluding carboxylic acids is 1. The molecule has 2 aliphatic carbocycles. The molecular formula is C15H12OS. The highest BCUT2D eigenvalue weighted by molar-refractivity contribution is 8.00. The SMILES string of the molecule is O=C1C2=C3CCSC3CC=C2c2ccccc21. The zero-order chi connectivity index (χ0) is 11.4. The standard InChI is InChI=1S/C15H12OS/c16-15-11-4-2-1-3-9(11)10-5-6-13-12(14(10)15)7-8-17-13/h1-5,13H,6-8H2. The van der Waals surface area contributed by atoms with Gasteiger partial charge in [0.15, 0.2) is 5.78 Å². The van der Waals surface area contributed by atoms with Crippen molar-refractivity contribution < 1.29 is 4.79 Å². The first-order valence-corrected chi connectivity index (χ1v) is 7.10. The van der Waals surface area contributed by atoms with Crippen molar-refractivity contribution in [3.8, 4) is 0 Å². The van der Waals surface area contributed by atoms with Crippen LogP contribution in [0.15, 0.2) is 41.5 Å². The summed E-state index contributed by atoms with van der Waals surface area (Å²) in [4.78, 5) is 12.5. The monoisotopic (exact) mass is 240 g/mol. The summed E-state index contributed by atoms with van der Waals surface area (Å²) in [7, 11) is 0. The molecule has 0 bridgehead atoms. The first-order chi connectivity index (χ1) is 8.36. The van der Waals surface area contributed by atoms with Crippen molar-refractivity contribution in [1.29, 1.82) is 0 Å². The third-order valence-corrected chi connectivity index (χ3v) is 5.21. The minimum Gasteiger partial charge on any atom is -0.289 e. The van der Waals surface area contributed by atoms with Crippen molar-refractivity contribution in [2.24, 2.45) is 0 Å². The number of allylic oxidation sites excluding steroid dienone is 3. The maximum Gasteiger partial charge on any atom is 0.194 e. The third-order valence-electron chi connectivity index (χ3n) is 3.89. The molecular weight excluding hydrogens is 228 g/mol. The quantitative estimate of drug-likeness (QED) is 0.690. The molecule has 0 radical (unpaired) electrons. The smallest absolute Gasteiger partial charge is 0.194 e. The largest absolute Gasteiger partial charge is 0.289 e. The lowest BCUT2D eigenvalue weighted by Gasteiger charge is -2.18. The lowest BCUT2D eigenvalue weighted by atomic mass is 9.89. The summed E-state index contributed by atoms with van der Waals surface area (Å²) < 4.78 is 0. The van der Waals surface area contributed by atoms with Gasteiger partial charge in [-0.25, -0.2) is 0 Å². The molecule has 0 N–H and O–H groups in total. The normalized spacial score (nSPS) is 25.5. The van der Waals surface area contributed by atoms with E-state index in [0.717, 1.165) is 29.5 Å². The summed E-state index contributed by atoms with van der Waals surface area (Å²) in [5, 5.41) is 0.576. The number of thioether (sulfide) groups is 1. The summed E-state index contributed by atoms with van der Waals surface area (Å²) in [6.45, 7) is 0. The Morgan fingerprint density at radius 2 is 2.00 bits per heavy atom. The summed E-state index contributed by atoms with van der Waals surface area (Å²) >= 11 is 2.00. The van der Waals surface area contributed by atoms with Crippen LogP contribution in [0, 0.1) is 0 Å². The average Bonchev–Trinajstić information content (AvgIpc) is 2.93. The topological polar surface area (TPSA) is 17.1 Å². The minimum absolute atomic E-state index is 0.258. The summed E-state index contributed by atoms with van der Waals surface area (Å²) in [5.74, 6) is 1.43. The molecule has 1 fully saturated rings. The Kier molecular flexibility index (Phi) is 1.92. The van der Waals surface area contributed by atoms with Gasteiger partial charge in [0.25, 0.3) is 0 Å². The van der Waals surface area contributed by atoms with E-state index < -0.39 is 0 Å². The Balaban J connectivity index is 2.00. The second kappa shape index (κ2) is 3.36. The fourth-order valence-electron chi connectivity index (χ4n) is 3.13. The lowest BCUT2D eigenvalue weighted by molar-refractivity contribution is 0.104. The van der Waals surface area contributed by atoms with Crippen LogP contribution in [0.25, 0.3) is 5.57 Å². The number of benzene rings is 1. The molecule has 1 heterocycles. The van der Waals surface area contributed by atoms with Crippen molar-refractivity contribution in [3.05, 3.63) is 52.6 Å². The molecule has 84 valence electrons. The number of carbonyl (C=O) groups is 1. The number of ketones is 1. The fraction of sp³-hybridized carbons (Fsp3) is 0.267. The van der Waals surface area contributed by atoms with E-state index in [1.807, 2.05) is 30.0 Å². The Labute approximate surface area is 105 Å². The van der Waals surface area contributed by atoms with Crippen LogP contribution in [0.2, 0.25) is 0 Å². The van der Waals surface area contributed by atoms with Crippen molar-refractivity contribution in [2.45, 2.75) is 18.1 Å². The maximum atomic E-state index is 12.5. The van der Waals surface area contributed by atoms with E-state index in [1.54, 1.807) is 0 Å². The highest BCUT2D eigenvalue weighted by Gasteiger charge is 2.37. The van der Waals surface area contributed by atoms with E-state index >= 15 is 0 Å². The van der Waals surface area contributed by atoms with Crippen LogP contribution in [-0.4, -0.2) is 16.8 Å². The van der Waals surface area contributed by atoms with Crippen LogP contribution in [0.3, 0.4) is 0 Å². The number of Topliss-reactive ketones (excluding diaryl/α,β-unsaturated/α-hetero) is 1. The number of fused-ring (bicyclic) bond motifs is 4. The van der Waals surface area contributed by atoms with E-state index in [2.05, 4.69) is 12.1 Å². The minimum atomic E-state index is 0.258. The molecule has 1 saturated heterocycles. The van der Waals surface area contributed by atoms with Gasteiger partial charge < -0.3 is 0 Å². The van der Waals surface area contributed by atoms with Crippen molar-refractivity contribution >= 4 is 23.1 Å². The molecule has 1 aromatic carbocycles. The van der Waals surface area contributed by atoms with E-state index in [9.17, 15) is 4.79 Å². The van der Waals surface area contributed by atoms with E-state index in [0.29, 0.717) is 5.25 Å². The van der Waals surface area contributed by atoms with Crippen LogP contribution in [0.1, 0.15) is 28.8 Å². The van der Waals surface area contributed by atoms with Gasteiger partial charge in [-0.15, -0.1) is 0 Å². The Hall–Kier alpha value is -1.28. The van der Waals surface area contributed by atoms with Crippen molar-refractivity contribution in [1.82, 2.24) is 0 Å². The lowest BCUT2D eigenvalue weighted by Crippen LogP contribution is -2.10. The molecule has 1 unspecified atom stereocenters. The fourth-order valence-corrected chi connectivity index (χ4v) is 4.42. The van der Waals surface area contributed by atoms with Gasteiger partial charge in [-0.05, 0) is 35.3 Å². The molecule has 1 nitrogen and oxygen atoms in total. The number of hydrogen-bond acceptors (Lipinski definition) is 2. The van der Waals surface area contributed by atoms with E-state index in [-0.39, 0.29) is 5.78 Å². The van der Waals surface area contributed by atoms with Crippen LogP contribution < -0.4 is 0 Å². The zero-order valence-electron chi connectivity index (χ0n) is 9.40. The first-order valence-electron chi connectivity index (χ1n) is 6.05. The zero-order valence-corrected chi connectivity index (χ0v) is 10.2. The Morgan fingerprint density at radius 3 is 2.88 bits per heavy atom. The summed E-state index contributed by atoms with van der Waals surface area (Å²) in [6, 6.07) is 8.02. The summed E-state index contributed by atoms with van der Waals surface area (Å²) in [5.41, 5.74) is 5.70. The molecule has 1 aromatic rings. The molecule has 17 heavy (non-hydrogen) atoms. The highest BCUT2D eigenvalue weighted by Crippen LogP contribution is 2.48. The number of rotatable bonds is 0. The van der Waals surface area contributed by atoms with Gasteiger partial charge in [0.05, 0.1) is 0 Å². The molecule has 0 amide bonds. The third kappa shape index (κ3) is 1.19. The first kappa shape index (κ1) is 9.72. The summed E-state index contributed by atoms with van der Waals surface area (Å²) in [6.07, 6.45) is 4.47. The van der Waals surface area contributed by atoms with Gasteiger partial charge in [-0.3, -0.25) is 4.79 Å².